The standard InChI is InChI=1S/C27H21N3O3/c31-21-11-6-19(7-12-21)16-24-27(33)30-17-25(20-9-13-22(32)14-10-20)28-23(26(30)29-24)15-8-18-4-2-1-3-5-18/h1-7,9-14,24,29,31-32H,16-17H2. The first kappa shape index (κ1) is 20.4. The van der Waals surface area contributed by atoms with Crippen LogP contribution in [0, 0.1) is 11.8 Å². The number of nitrogens with zero attached hydrogens (tertiary/aromatic N) is 2. The Morgan fingerprint density at radius 1 is 0.909 bits per heavy atom. The van der Waals surface area contributed by atoms with E-state index in [1.807, 2.05) is 42.5 Å². The lowest BCUT2D eigenvalue weighted by Gasteiger charge is -2.23. The minimum atomic E-state index is -0.451. The molecule has 33 heavy (non-hydrogen) atoms. The van der Waals surface area contributed by atoms with Crippen LogP contribution in [0.25, 0.3) is 0 Å². The minimum absolute atomic E-state index is 0.0525. The first-order chi connectivity index (χ1) is 16.1. The zero-order chi connectivity index (χ0) is 22.8. The van der Waals surface area contributed by atoms with Gasteiger partial charge in [0.15, 0.2) is 5.70 Å². The summed E-state index contributed by atoms with van der Waals surface area (Å²) in [4.78, 5) is 19.8. The van der Waals surface area contributed by atoms with Gasteiger partial charge in [0, 0.05) is 12.0 Å². The molecule has 3 N–H and O–H groups in total. The van der Waals surface area contributed by atoms with Gasteiger partial charge >= 0.3 is 0 Å². The van der Waals surface area contributed by atoms with Gasteiger partial charge in [-0.05, 0) is 65.6 Å². The lowest BCUT2D eigenvalue weighted by atomic mass is 10.1. The van der Waals surface area contributed by atoms with Gasteiger partial charge < -0.3 is 15.5 Å². The van der Waals surface area contributed by atoms with Crippen LogP contribution in [0.1, 0.15) is 16.7 Å². The number of aromatic hydroxyl groups is 2. The molecule has 3 aromatic rings. The topological polar surface area (TPSA) is 85.2 Å². The fourth-order valence-electron chi connectivity index (χ4n) is 3.88. The van der Waals surface area contributed by atoms with Crippen molar-refractivity contribution >= 4 is 11.6 Å². The molecule has 2 aliphatic heterocycles. The summed E-state index contributed by atoms with van der Waals surface area (Å²) >= 11 is 0. The summed E-state index contributed by atoms with van der Waals surface area (Å²) in [6.07, 6.45) is 0.479. The summed E-state index contributed by atoms with van der Waals surface area (Å²) in [5.74, 6) is 7.18. The summed E-state index contributed by atoms with van der Waals surface area (Å²) < 4.78 is 0. The molecule has 6 nitrogen and oxygen atoms in total. The Morgan fingerprint density at radius 3 is 2.27 bits per heavy atom. The van der Waals surface area contributed by atoms with Gasteiger partial charge in [-0.3, -0.25) is 9.69 Å². The molecule has 1 atom stereocenters. The van der Waals surface area contributed by atoms with E-state index in [0.717, 1.165) is 16.7 Å². The predicted molar refractivity (Wildman–Crippen MR) is 125 cm³/mol. The number of benzene rings is 3. The van der Waals surface area contributed by atoms with Crippen molar-refractivity contribution in [1.82, 2.24) is 10.2 Å². The number of phenols is 2. The van der Waals surface area contributed by atoms with Gasteiger partial charge in [-0.2, -0.15) is 0 Å². The van der Waals surface area contributed by atoms with Crippen molar-refractivity contribution < 1.29 is 15.0 Å². The average molecular weight is 435 g/mol. The molecule has 1 unspecified atom stereocenters. The Bertz CT molecular complexity index is 1320. The Morgan fingerprint density at radius 2 is 1.58 bits per heavy atom. The highest BCUT2D eigenvalue weighted by molar-refractivity contribution is 6.06. The number of rotatable bonds is 3. The molecule has 0 bridgehead atoms. The van der Waals surface area contributed by atoms with Crippen LogP contribution in [0.4, 0.5) is 0 Å². The van der Waals surface area contributed by atoms with E-state index in [-0.39, 0.29) is 17.4 Å². The fraction of sp³-hybridized carbons (Fsp3) is 0.111. The van der Waals surface area contributed by atoms with Crippen molar-refractivity contribution in [3.63, 3.8) is 0 Å². The van der Waals surface area contributed by atoms with E-state index in [1.165, 1.54) is 0 Å². The Hall–Kier alpha value is -4.50. The second-order valence-electron chi connectivity index (χ2n) is 7.91. The Balaban J connectivity index is 1.50. The number of nitrogens with one attached hydrogen (secondary N) is 1. The van der Waals surface area contributed by atoms with E-state index >= 15 is 0 Å². The fourth-order valence-corrected chi connectivity index (χ4v) is 3.88. The largest absolute Gasteiger partial charge is 0.508 e. The zero-order valence-corrected chi connectivity index (χ0v) is 17.7. The molecule has 6 heteroatoms. The number of fused-ring (bicyclic) bond motifs is 1. The number of carbonyl (C=O) groups excluding carboxylic acids is 1. The Kier molecular flexibility index (Phi) is 5.29. The highest BCUT2D eigenvalue weighted by Gasteiger charge is 2.39. The molecule has 3 aromatic carbocycles. The quantitative estimate of drug-likeness (QED) is 0.552. The summed E-state index contributed by atoms with van der Waals surface area (Å²) in [6, 6.07) is 22.8. The molecule has 0 spiro atoms. The van der Waals surface area contributed by atoms with Crippen LogP contribution in [-0.4, -0.2) is 39.3 Å². The molecular weight excluding hydrogens is 414 g/mol. The van der Waals surface area contributed by atoms with Gasteiger partial charge in [0.2, 0.25) is 0 Å². The highest BCUT2D eigenvalue weighted by Crippen LogP contribution is 2.26. The van der Waals surface area contributed by atoms with Crippen molar-refractivity contribution in [3.05, 3.63) is 107 Å². The van der Waals surface area contributed by atoms with E-state index in [4.69, 9.17) is 4.99 Å². The molecule has 1 amide bonds. The molecule has 1 fully saturated rings. The molecule has 0 aliphatic carbocycles. The molecule has 5 rings (SSSR count). The lowest BCUT2D eigenvalue weighted by molar-refractivity contribution is -0.127. The van der Waals surface area contributed by atoms with Crippen LogP contribution < -0.4 is 5.32 Å². The minimum Gasteiger partial charge on any atom is -0.508 e. The molecule has 0 radical (unpaired) electrons. The van der Waals surface area contributed by atoms with Crippen LogP contribution in [-0.2, 0) is 11.2 Å². The van der Waals surface area contributed by atoms with Crippen molar-refractivity contribution in [2.75, 3.05) is 6.54 Å². The highest BCUT2D eigenvalue weighted by atomic mass is 16.3. The maximum Gasteiger partial charge on any atom is 0.251 e. The second-order valence-corrected chi connectivity index (χ2v) is 7.91. The Labute approximate surface area is 191 Å². The number of amides is 1. The van der Waals surface area contributed by atoms with Crippen molar-refractivity contribution in [1.29, 1.82) is 0 Å². The molecule has 2 heterocycles. The monoisotopic (exact) mass is 435 g/mol. The molecule has 162 valence electrons. The van der Waals surface area contributed by atoms with E-state index in [0.29, 0.717) is 30.2 Å². The van der Waals surface area contributed by atoms with E-state index < -0.39 is 6.04 Å². The number of hydrogen-bond donors (Lipinski definition) is 3. The van der Waals surface area contributed by atoms with E-state index in [1.54, 1.807) is 41.3 Å². The van der Waals surface area contributed by atoms with Crippen LogP contribution >= 0.6 is 0 Å². The van der Waals surface area contributed by atoms with E-state index in [2.05, 4.69) is 17.2 Å². The predicted octanol–water partition coefficient (Wildman–Crippen LogP) is 3.16. The number of carbonyl (C=O) groups is 1. The normalized spacial score (nSPS) is 17.1. The molecule has 0 aromatic heterocycles. The molecule has 0 saturated carbocycles. The van der Waals surface area contributed by atoms with Crippen molar-refractivity contribution in [3.8, 4) is 23.3 Å². The summed E-state index contributed by atoms with van der Waals surface area (Å²) in [5, 5.41) is 22.5. The van der Waals surface area contributed by atoms with Crippen molar-refractivity contribution in [2.45, 2.75) is 12.5 Å². The third-order valence-electron chi connectivity index (χ3n) is 5.60. The first-order valence-corrected chi connectivity index (χ1v) is 10.6. The number of hydrogen-bond acceptors (Lipinski definition) is 5. The molecule has 2 aliphatic rings. The maximum atomic E-state index is 13.3. The van der Waals surface area contributed by atoms with E-state index in [9.17, 15) is 15.0 Å². The molecule has 1 saturated heterocycles. The SMILES string of the molecule is O=C1C(Cc2ccc(O)cc2)NC2=C(C#Cc3ccccc3)N=C(c3ccc(O)cc3)CN12. The summed E-state index contributed by atoms with van der Waals surface area (Å²) in [6.45, 7) is 0.314. The van der Waals surface area contributed by atoms with Gasteiger partial charge in [0.1, 0.15) is 23.4 Å². The third-order valence-corrected chi connectivity index (χ3v) is 5.60. The summed E-state index contributed by atoms with van der Waals surface area (Å²) in [7, 11) is 0. The van der Waals surface area contributed by atoms with Crippen LogP contribution in [0.3, 0.4) is 0 Å². The van der Waals surface area contributed by atoms with Crippen LogP contribution in [0.2, 0.25) is 0 Å². The third kappa shape index (κ3) is 4.30. The second kappa shape index (κ2) is 8.56. The maximum absolute atomic E-state index is 13.3. The smallest absolute Gasteiger partial charge is 0.251 e. The van der Waals surface area contributed by atoms with Gasteiger partial charge in [0.05, 0.1) is 12.3 Å². The van der Waals surface area contributed by atoms with Gasteiger partial charge in [-0.1, -0.05) is 36.3 Å². The zero-order valence-electron chi connectivity index (χ0n) is 17.7. The van der Waals surface area contributed by atoms with Gasteiger partial charge in [-0.15, -0.1) is 0 Å². The number of allylic oxidation sites excluding steroid dienone is 1. The van der Waals surface area contributed by atoms with Crippen LogP contribution in [0.5, 0.6) is 11.5 Å². The molecular formula is C27H21N3O3. The van der Waals surface area contributed by atoms with Gasteiger partial charge in [-0.25, -0.2) is 4.99 Å². The summed E-state index contributed by atoms with van der Waals surface area (Å²) in [5.41, 5.74) is 3.82. The van der Waals surface area contributed by atoms with Crippen LogP contribution in [0.15, 0.2) is 95.4 Å². The average Bonchev–Trinajstić information content (AvgIpc) is 3.15. The number of phenolic OH excluding ortho intramolecular Hbond substituents is 2. The lowest BCUT2D eigenvalue weighted by Crippen LogP contribution is -2.36. The first-order valence-electron chi connectivity index (χ1n) is 10.6. The van der Waals surface area contributed by atoms with Crippen molar-refractivity contribution in [2.24, 2.45) is 4.99 Å². The number of aliphatic imine (C=N–C) groups is 1. The van der Waals surface area contributed by atoms with Gasteiger partial charge in [0.25, 0.3) is 5.91 Å².